The lowest BCUT2D eigenvalue weighted by Crippen LogP contribution is -2.39. The number of hydrogen-bond donors (Lipinski definition) is 1. The van der Waals surface area contributed by atoms with Crippen molar-refractivity contribution in [1.29, 1.82) is 0 Å². The second-order valence-electron chi connectivity index (χ2n) is 6.79. The lowest BCUT2D eigenvalue weighted by Gasteiger charge is -2.22. The third-order valence-electron chi connectivity index (χ3n) is 5.32. The van der Waals surface area contributed by atoms with E-state index >= 15 is 0 Å². The van der Waals surface area contributed by atoms with E-state index in [1.165, 1.54) is 0 Å². The second kappa shape index (κ2) is 6.32. The van der Waals surface area contributed by atoms with Gasteiger partial charge in [0.2, 0.25) is 11.8 Å². The predicted molar refractivity (Wildman–Crippen MR) is 99.7 cm³/mol. The van der Waals surface area contributed by atoms with Crippen LogP contribution >= 0.6 is 11.6 Å². The highest BCUT2D eigenvalue weighted by atomic mass is 35.5. The van der Waals surface area contributed by atoms with E-state index in [1.54, 1.807) is 24.1 Å². The van der Waals surface area contributed by atoms with Gasteiger partial charge in [0.15, 0.2) is 0 Å². The van der Waals surface area contributed by atoms with Crippen molar-refractivity contribution in [1.82, 2.24) is 4.90 Å². The Balaban J connectivity index is 1.51. The van der Waals surface area contributed by atoms with Gasteiger partial charge in [0.1, 0.15) is 5.75 Å². The maximum atomic E-state index is 12.8. The minimum Gasteiger partial charge on any atom is -0.495 e. The van der Waals surface area contributed by atoms with Gasteiger partial charge >= 0.3 is 0 Å². The van der Waals surface area contributed by atoms with Gasteiger partial charge in [-0.3, -0.25) is 9.59 Å². The molecule has 1 unspecified atom stereocenters. The van der Waals surface area contributed by atoms with E-state index < -0.39 is 5.41 Å². The van der Waals surface area contributed by atoms with Gasteiger partial charge in [-0.05, 0) is 35.7 Å². The number of hydrogen-bond acceptors (Lipinski definition) is 3. The summed E-state index contributed by atoms with van der Waals surface area (Å²) in [6.07, 6.45) is 0.897. The van der Waals surface area contributed by atoms with Crippen LogP contribution in [0.1, 0.15) is 17.5 Å². The van der Waals surface area contributed by atoms with Crippen LogP contribution in [-0.2, 0) is 21.4 Å². The number of para-hydroxylation sites is 1. The van der Waals surface area contributed by atoms with Crippen molar-refractivity contribution in [3.8, 4) is 5.75 Å². The molecule has 0 bridgehead atoms. The number of rotatable bonds is 3. The summed E-state index contributed by atoms with van der Waals surface area (Å²) in [5.41, 5.74) is 2.06. The second-order valence-corrected chi connectivity index (χ2v) is 7.20. The average Bonchev–Trinajstić information content (AvgIpc) is 3.19. The molecule has 2 aromatic rings. The van der Waals surface area contributed by atoms with Crippen molar-refractivity contribution in [2.24, 2.45) is 0 Å². The fourth-order valence-corrected chi connectivity index (χ4v) is 4.19. The molecule has 5 nitrogen and oxygen atoms in total. The molecule has 1 spiro atoms. The summed E-state index contributed by atoms with van der Waals surface area (Å²) in [4.78, 5) is 27.2. The summed E-state index contributed by atoms with van der Waals surface area (Å²) in [5.74, 6) is 0.573. The highest BCUT2D eigenvalue weighted by Gasteiger charge is 2.51. The molecule has 0 aromatic heterocycles. The molecule has 0 aliphatic carbocycles. The SMILES string of the molecule is COc1ccc(CC(=O)N2CCC3(C2)C(=O)Nc2ccccc23)cc1Cl. The van der Waals surface area contributed by atoms with E-state index in [4.69, 9.17) is 16.3 Å². The van der Waals surface area contributed by atoms with E-state index in [9.17, 15) is 9.59 Å². The first-order valence-corrected chi connectivity index (χ1v) is 8.92. The number of benzene rings is 2. The van der Waals surface area contributed by atoms with Gasteiger partial charge in [0.05, 0.1) is 24.0 Å². The first kappa shape index (κ1) is 16.9. The van der Waals surface area contributed by atoms with Gasteiger partial charge < -0.3 is 15.0 Å². The summed E-state index contributed by atoms with van der Waals surface area (Å²) in [5, 5.41) is 3.44. The number of ether oxygens (including phenoxy) is 1. The monoisotopic (exact) mass is 370 g/mol. The van der Waals surface area contributed by atoms with Crippen LogP contribution in [0.3, 0.4) is 0 Å². The molecule has 2 heterocycles. The number of halogens is 1. The number of anilines is 1. The molecule has 0 radical (unpaired) electrons. The van der Waals surface area contributed by atoms with E-state index in [2.05, 4.69) is 5.32 Å². The first-order valence-electron chi connectivity index (χ1n) is 8.55. The number of nitrogens with one attached hydrogen (secondary N) is 1. The van der Waals surface area contributed by atoms with E-state index in [1.807, 2.05) is 30.3 Å². The zero-order chi connectivity index (χ0) is 18.3. The number of nitrogens with zero attached hydrogens (tertiary/aromatic N) is 1. The Hall–Kier alpha value is -2.53. The van der Waals surface area contributed by atoms with Gasteiger partial charge in [-0.25, -0.2) is 0 Å². The first-order chi connectivity index (χ1) is 12.5. The van der Waals surface area contributed by atoms with Crippen LogP contribution in [0.4, 0.5) is 5.69 Å². The zero-order valence-electron chi connectivity index (χ0n) is 14.4. The van der Waals surface area contributed by atoms with Gasteiger partial charge in [-0.1, -0.05) is 35.9 Å². The van der Waals surface area contributed by atoms with Crippen LogP contribution in [0.2, 0.25) is 5.02 Å². The highest BCUT2D eigenvalue weighted by molar-refractivity contribution is 6.32. The van der Waals surface area contributed by atoms with Crippen LogP contribution in [-0.4, -0.2) is 36.9 Å². The van der Waals surface area contributed by atoms with Crippen LogP contribution in [0.25, 0.3) is 0 Å². The van der Waals surface area contributed by atoms with E-state index in [0.29, 0.717) is 30.3 Å². The molecule has 1 fully saturated rings. The fraction of sp³-hybridized carbons (Fsp3) is 0.300. The topological polar surface area (TPSA) is 58.6 Å². The average molecular weight is 371 g/mol. The Labute approximate surface area is 156 Å². The van der Waals surface area contributed by atoms with E-state index in [0.717, 1.165) is 16.8 Å². The largest absolute Gasteiger partial charge is 0.495 e. The molecule has 2 amide bonds. The maximum Gasteiger partial charge on any atom is 0.236 e. The minimum absolute atomic E-state index is 0.000268. The Morgan fingerprint density at radius 3 is 2.88 bits per heavy atom. The summed E-state index contributed by atoms with van der Waals surface area (Å²) >= 11 is 6.14. The molecular weight excluding hydrogens is 352 g/mol. The Morgan fingerprint density at radius 2 is 2.12 bits per heavy atom. The number of carbonyl (C=O) groups excluding carboxylic acids is 2. The summed E-state index contributed by atoms with van der Waals surface area (Å²) < 4.78 is 5.14. The lowest BCUT2D eigenvalue weighted by molar-refractivity contribution is -0.129. The van der Waals surface area contributed by atoms with Crippen LogP contribution in [0.15, 0.2) is 42.5 Å². The fourth-order valence-electron chi connectivity index (χ4n) is 3.91. The van der Waals surface area contributed by atoms with Crippen LogP contribution in [0, 0.1) is 0 Å². The Morgan fingerprint density at radius 1 is 1.31 bits per heavy atom. The third kappa shape index (κ3) is 2.63. The quantitative estimate of drug-likeness (QED) is 0.903. The van der Waals surface area contributed by atoms with Gasteiger partial charge in [0, 0.05) is 18.8 Å². The van der Waals surface area contributed by atoms with Crippen molar-refractivity contribution >= 4 is 29.1 Å². The van der Waals surface area contributed by atoms with E-state index in [-0.39, 0.29) is 18.2 Å². The molecule has 0 saturated carbocycles. The van der Waals surface area contributed by atoms with Gasteiger partial charge in [-0.2, -0.15) is 0 Å². The minimum atomic E-state index is -0.621. The molecule has 6 heteroatoms. The van der Waals surface area contributed by atoms with Gasteiger partial charge in [-0.15, -0.1) is 0 Å². The number of carbonyl (C=O) groups is 2. The number of methoxy groups -OCH3 is 1. The molecule has 4 rings (SSSR count). The summed E-state index contributed by atoms with van der Waals surface area (Å²) in [6, 6.07) is 13.1. The molecule has 1 atom stereocenters. The molecule has 134 valence electrons. The smallest absolute Gasteiger partial charge is 0.236 e. The summed E-state index contributed by atoms with van der Waals surface area (Å²) in [6.45, 7) is 0.989. The molecule has 2 aliphatic heterocycles. The third-order valence-corrected chi connectivity index (χ3v) is 5.61. The van der Waals surface area contributed by atoms with Crippen molar-refractivity contribution in [2.45, 2.75) is 18.3 Å². The number of amides is 2. The predicted octanol–water partition coefficient (Wildman–Crippen LogP) is 3.01. The lowest BCUT2D eigenvalue weighted by atomic mass is 9.81. The van der Waals surface area contributed by atoms with Crippen molar-refractivity contribution < 1.29 is 14.3 Å². The molecular formula is C20H19ClN2O3. The maximum absolute atomic E-state index is 12.8. The molecule has 2 aliphatic rings. The van der Waals surface area contributed by atoms with Gasteiger partial charge in [0.25, 0.3) is 0 Å². The molecule has 1 N–H and O–H groups in total. The Bertz CT molecular complexity index is 898. The van der Waals surface area contributed by atoms with Crippen LogP contribution in [0.5, 0.6) is 5.75 Å². The molecule has 2 aromatic carbocycles. The molecule has 1 saturated heterocycles. The standard InChI is InChI=1S/C20H19ClN2O3/c1-26-17-7-6-13(10-15(17)21)11-18(24)23-9-8-20(12-23)14-4-2-3-5-16(14)22-19(20)25/h2-7,10H,8-9,11-12H2,1H3,(H,22,25). The van der Waals surface area contributed by atoms with Crippen molar-refractivity contribution in [3.63, 3.8) is 0 Å². The normalized spacial score (nSPS) is 21.0. The number of fused-ring (bicyclic) bond motifs is 2. The summed E-state index contributed by atoms with van der Waals surface area (Å²) in [7, 11) is 1.56. The van der Waals surface area contributed by atoms with Crippen molar-refractivity contribution in [3.05, 3.63) is 58.6 Å². The van der Waals surface area contributed by atoms with Crippen LogP contribution < -0.4 is 10.1 Å². The highest BCUT2D eigenvalue weighted by Crippen LogP contribution is 2.44. The van der Waals surface area contributed by atoms with Crippen molar-refractivity contribution in [2.75, 3.05) is 25.5 Å². The zero-order valence-corrected chi connectivity index (χ0v) is 15.2. The number of likely N-dealkylation sites (tertiary alicyclic amines) is 1. The Kier molecular flexibility index (Phi) is 4.11. The molecule has 26 heavy (non-hydrogen) atoms.